The molecule has 0 unspecified atom stereocenters. The number of nitrogens with one attached hydrogen (secondary N) is 2. The number of alkyl halides is 3. The van der Waals surface area contributed by atoms with E-state index < -0.39 is 12.1 Å². The summed E-state index contributed by atoms with van der Waals surface area (Å²) < 4.78 is 38.9. The summed E-state index contributed by atoms with van der Waals surface area (Å²) in [7, 11) is 0. The third-order valence-corrected chi connectivity index (χ3v) is 6.13. The summed E-state index contributed by atoms with van der Waals surface area (Å²) in [5.74, 6) is -1.50. The maximum absolute atomic E-state index is 10.6. The number of fused-ring (bicyclic) bond motifs is 1. The van der Waals surface area contributed by atoms with Crippen molar-refractivity contribution in [3.05, 3.63) is 66.9 Å². The highest BCUT2D eigenvalue weighted by Crippen LogP contribution is 2.26. The maximum Gasteiger partial charge on any atom is 0.490 e. The van der Waals surface area contributed by atoms with Gasteiger partial charge in [0.05, 0.1) is 30.6 Å². The Morgan fingerprint density at radius 2 is 1.80 bits per heavy atom. The van der Waals surface area contributed by atoms with Crippen molar-refractivity contribution >= 4 is 34.5 Å². The third kappa shape index (κ3) is 6.58. The second-order valence-corrected chi connectivity index (χ2v) is 8.94. The molecule has 6 rings (SSSR count). The first-order chi connectivity index (χ1) is 19.7. The Morgan fingerprint density at radius 3 is 2.46 bits per heavy atom. The first-order valence-corrected chi connectivity index (χ1v) is 12.4. The largest absolute Gasteiger partial charge is 0.490 e. The van der Waals surface area contributed by atoms with Crippen LogP contribution in [0.1, 0.15) is 5.69 Å². The summed E-state index contributed by atoms with van der Waals surface area (Å²) in [6.45, 7) is 5.03. The van der Waals surface area contributed by atoms with E-state index in [1.807, 2.05) is 49.6 Å². The molecule has 1 fully saturated rings. The van der Waals surface area contributed by atoms with Gasteiger partial charge in [-0.05, 0) is 42.8 Å². The number of aromatic amines is 1. The van der Waals surface area contributed by atoms with Gasteiger partial charge < -0.3 is 20.1 Å². The van der Waals surface area contributed by atoms with Crippen LogP contribution < -0.4 is 10.2 Å². The van der Waals surface area contributed by atoms with Gasteiger partial charge in [-0.1, -0.05) is 12.1 Å². The van der Waals surface area contributed by atoms with Crippen LogP contribution in [0.2, 0.25) is 0 Å². The van der Waals surface area contributed by atoms with E-state index in [4.69, 9.17) is 19.6 Å². The minimum atomic E-state index is -5.08. The lowest BCUT2D eigenvalue weighted by atomic mass is 10.1. The zero-order valence-electron chi connectivity index (χ0n) is 21.6. The molecule has 15 heteroatoms. The van der Waals surface area contributed by atoms with Crippen LogP contribution in [-0.4, -0.2) is 78.5 Å². The molecule has 5 aromatic rings. The Hall–Kier alpha value is -5.05. The van der Waals surface area contributed by atoms with Crippen LogP contribution in [0.15, 0.2) is 61.2 Å². The SMILES string of the molecule is Cc1[nH]ncc1-c1ccc2cnc(Nc3ccc(-n4cnc(N5CCOCC5)n4)cc3)nc2c1.O=C(O)C(F)(F)F. The van der Waals surface area contributed by atoms with Gasteiger partial charge in [-0.15, -0.1) is 5.10 Å². The Balaban J connectivity index is 0.000000431. The standard InChI is InChI=1S/C24H23N9O.C2HF3O2/c1-16-21(14-27-30-16)17-2-3-18-13-25-23(29-22(18)12-17)28-19-4-6-20(7-5-19)33-15-26-24(31-33)32-8-10-34-11-9-32;3-2(4,5)1(6)7/h2-7,12-15H,8-11H2,1H3,(H,27,30)(H,25,28,29);(H,6,7). The smallest absolute Gasteiger partial charge is 0.475 e. The third-order valence-electron chi connectivity index (χ3n) is 6.13. The average molecular weight is 568 g/mol. The fraction of sp³-hybridized carbons (Fsp3) is 0.231. The molecule has 0 radical (unpaired) electrons. The van der Waals surface area contributed by atoms with E-state index in [1.165, 1.54) is 0 Å². The van der Waals surface area contributed by atoms with E-state index in [0.717, 1.165) is 58.1 Å². The highest BCUT2D eigenvalue weighted by atomic mass is 19.4. The van der Waals surface area contributed by atoms with Crippen molar-refractivity contribution in [2.24, 2.45) is 0 Å². The van der Waals surface area contributed by atoms with Crippen molar-refractivity contribution in [2.75, 3.05) is 36.5 Å². The Bertz CT molecular complexity index is 1650. The van der Waals surface area contributed by atoms with E-state index in [2.05, 4.69) is 47.6 Å². The second-order valence-electron chi connectivity index (χ2n) is 8.94. The topological polar surface area (TPSA) is 147 Å². The van der Waals surface area contributed by atoms with Crippen LogP contribution in [0.25, 0.3) is 27.7 Å². The number of benzene rings is 2. The fourth-order valence-corrected chi connectivity index (χ4v) is 4.01. The molecule has 0 amide bonds. The number of hydrogen-bond donors (Lipinski definition) is 3. The predicted molar refractivity (Wildman–Crippen MR) is 143 cm³/mol. The first-order valence-electron chi connectivity index (χ1n) is 12.4. The number of anilines is 3. The van der Waals surface area contributed by atoms with E-state index in [-0.39, 0.29) is 0 Å². The van der Waals surface area contributed by atoms with Crippen molar-refractivity contribution in [2.45, 2.75) is 13.1 Å². The van der Waals surface area contributed by atoms with Gasteiger partial charge in [-0.2, -0.15) is 23.3 Å². The Labute approximate surface area is 230 Å². The normalized spacial score (nSPS) is 13.5. The van der Waals surface area contributed by atoms with Gasteiger partial charge in [-0.3, -0.25) is 5.10 Å². The predicted octanol–water partition coefficient (Wildman–Crippen LogP) is 4.12. The molecule has 1 aliphatic rings. The minimum absolute atomic E-state index is 0.539. The van der Waals surface area contributed by atoms with Crippen molar-refractivity contribution in [1.29, 1.82) is 0 Å². The molecular weight excluding hydrogens is 543 g/mol. The first kappa shape index (κ1) is 27.5. The summed E-state index contributed by atoms with van der Waals surface area (Å²) in [5.41, 5.74) is 5.84. The maximum atomic E-state index is 10.6. The van der Waals surface area contributed by atoms with Crippen molar-refractivity contribution in [1.82, 2.24) is 34.9 Å². The van der Waals surface area contributed by atoms with Crippen LogP contribution in [0.3, 0.4) is 0 Å². The number of ether oxygens (including phenoxy) is 1. The van der Waals surface area contributed by atoms with Gasteiger partial charge in [0.15, 0.2) is 0 Å². The van der Waals surface area contributed by atoms with Crippen LogP contribution in [0.5, 0.6) is 0 Å². The molecule has 1 aliphatic heterocycles. The Kier molecular flexibility index (Phi) is 7.78. The molecule has 0 saturated carbocycles. The zero-order valence-corrected chi connectivity index (χ0v) is 21.6. The minimum Gasteiger partial charge on any atom is -0.475 e. The number of nitrogens with zero attached hydrogens (tertiary/aromatic N) is 7. The van der Waals surface area contributed by atoms with E-state index in [1.54, 1.807) is 11.0 Å². The van der Waals surface area contributed by atoms with Crippen molar-refractivity contribution < 1.29 is 27.8 Å². The molecule has 3 N–H and O–H groups in total. The molecule has 2 aromatic carbocycles. The summed E-state index contributed by atoms with van der Waals surface area (Å²) in [6.07, 6.45) is 0.310. The van der Waals surface area contributed by atoms with E-state index >= 15 is 0 Å². The molecule has 0 aliphatic carbocycles. The fourth-order valence-electron chi connectivity index (χ4n) is 4.01. The number of carbonyl (C=O) groups is 1. The molecule has 12 nitrogen and oxygen atoms in total. The number of halogens is 3. The number of aryl methyl sites for hydroxylation is 1. The lowest BCUT2D eigenvalue weighted by molar-refractivity contribution is -0.192. The summed E-state index contributed by atoms with van der Waals surface area (Å²) >= 11 is 0. The Morgan fingerprint density at radius 1 is 1.07 bits per heavy atom. The monoisotopic (exact) mass is 567 g/mol. The number of H-pyrrole nitrogens is 1. The quantitative estimate of drug-likeness (QED) is 0.283. The van der Waals surface area contributed by atoms with Crippen LogP contribution in [0.4, 0.5) is 30.8 Å². The number of hydrogen-bond acceptors (Lipinski definition) is 9. The average Bonchev–Trinajstić information content (AvgIpc) is 3.63. The zero-order chi connectivity index (χ0) is 29.0. The van der Waals surface area contributed by atoms with E-state index in [9.17, 15) is 13.2 Å². The van der Waals surface area contributed by atoms with Gasteiger partial charge in [0.1, 0.15) is 6.33 Å². The second kappa shape index (κ2) is 11.6. The highest BCUT2D eigenvalue weighted by Gasteiger charge is 2.38. The molecule has 41 heavy (non-hydrogen) atoms. The summed E-state index contributed by atoms with van der Waals surface area (Å²) in [5, 5.41) is 23.1. The lowest BCUT2D eigenvalue weighted by Gasteiger charge is -2.25. The number of carboxylic acids is 1. The van der Waals surface area contributed by atoms with Crippen LogP contribution in [0, 0.1) is 6.92 Å². The molecule has 0 spiro atoms. The summed E-state index contributed by atoms with van der Waals surface area (Å²) in [4.78, 5) is 24.6. The van der Waals surface area contributed by atoms with Crippen molar-refractivity contribution in [3.63, 3.8) is 0 Å². The molecule has 0 atom stereocenters. The molecule has 1 saturated heterocycles. The van der Waals surface area contributed by atoms with Gasteiger partial charge in [0, 0.05) is 41.6 Å². The van der Waals surface area contributed by atoms with Gasteiger partial charge in [0.25, 0.3) is 0 Å². The molecule has 4 heterocycles. The van der Waals surface area contributed by atoms with Crippen LogP contribution >= 0.6 is 0 Å². The lowest BCUT2D eigenvalue weighted by Crippen LogP contribution is -2.37. The van der Waals surface area contributed by atoms with E-state index in [0.29, 0.717) is 19.2 Å². The number of morpholine rings is 1. The molecular formula is C26H24F3N9O3. The highest BCUT2D eigenvalue weighted by molar-refractivity contribution is 5.85. The summed E-state index contributed by atoms with van der Waals surface area (Å²) in [6, 6.07) is 14.1. The van der Waals surface area contributed by atoms with Gasteiger partial charge in [0.2, 0.25) is 11.9 Å². The van der Waals surface area contributed by atoms with Gasteiger partial charge >= 0.3 is 12.1 Å². The number of aromatic nitrogens is 7. The number of aliphatic carboxylic acids is 1. The molecule has 3 aromatic heterocycles. The van der Waals surface area contributed by atoms with Crippen molar-refractivity contribution in [3.8, 4) is 16.8 Å². The number of rotatable bonds is 5. The molecule has 0 bridgehead atoms. The van der Waals surface area contributed by atoms with Crippen LogP contribution in [-0.2, 0) is 9.53 Å². The molecule has 212 valence electrons. The number of carboxylic acid groups (broad SMARTS) is 1. The van der Waals surface area contributed by atoms with Gasteiger partial charge in [-0.25, -0.2) is 19.4 Å².